The fraction of sp³-hybridized carbons (Fsp3) is 0. The summed E-state index contributed by atoms with van der Waals surface area (Å²) < 4.78 is 4.65. The van der Waals surface area contributed by atoms with Crippen molar-refractivity contribution in [3.63, 3.8) is 0 Å². The van der Waals surface area contributed by atoms with Crippen molar-refractivity contribution in [3.8, 4) is 79.7 Å². The van der Waals surface area contributed by atoms with Crippen LogP contribution in [0.15, 0.2) is 231 Å². The Balaban J connectivity index is 1.12. The number of para-hydroxylation sites is 5. The zero-order valence-electron chi connectivity index (χ0n) is 36.5. The lowest BCUT2D eigenvalue weighted by atomic mass is 10.0. The average Bonchev–Trinajstić information content (AvgIpc) is 3.95. The fourth-order valence-electron chi connectivity index (χ4n) is 9.55. The Morgan fingerprint density at radius 2 is 0.632 bits per heavy atom. The molecule has 0 spiro atoms. The van der Waals surface area contributed by atoms with Gasteiger partial charge < -0.3 is 9.13 Å². The SMILES string of the molecule is c1ccc(-c2nc(-c3ccccc3)nc(-c3ccc(-n4c5ccccc5c5ccccc54)c(-c4nc(-c5ccccc5)nc(-c5cccc6c7ccccc7n(-c7ccccc7)c56)n4)c3)n2)cc1. The zero-order valence-corrected chi connectivity index (χ0v) is 36.5. The third-order valence-electron chi connectivity index (χ3n) is 12.6. The summed E-state index contributed by atoms with van der Waals surface area (Å²) in [6, 6.07) is 79.2. The van der Waals surface area contributed by atoms with E-state index in [2.05, 4.69) is 155 Å². The van der Waals surface area contributed by atoms with Gasteiger partial charge in [-0.2, -0.15) is 0 Å². The maximum absolute atomic E-state index is 5.55. The molecule has 68 heavy (non-hydrogen) atoms. The molecule has 0 amide bonds. The minimum Gasteiger partial charge on any atom is -0.309 e. The number of aromatic nitrogens is 8. The van der Waals surface area contributed by atoms with Gasteiger partial charge >= 0.3 is 0 Å². The van der Waals surface area contributed by atoms with Crippen LogP contribution in [0.5, 0.6) is 0 Å². The molecule has 0 unspecified atom stereocenters. The molecule has 0 radical (unpaired) electrons. The fourth-order valence-corrected chi connectivity index (χ4v) is 9.55. The first-order chi connectivity index (χ1) is 33.7. The molecule has 0 fully saturated rings. The Labute approximate surface area is 391 Å². The first-order valence-electron chi connectivity index (χ1n) is 22.6. The highest BCUT2D eigenvalue weighted by atomic mass is 15.1. The molecule has 0 aliphatic heterocycles. The Bertz CT molecular complexity index is 3900. The molecule has 8 nitrogen and oxygen atoms in total. The molecule has 318 valence electrons. The smallest absolute Gasteiger partial charge is 0.166 e. The number of benzene rings is 9. The van der Waals surface area contributed by atoms with E-state index in [0.717, 1.165) is 88.4 Å². The summed E-state index contributed by atoms with van der Waals surface area (Å²) in [4.78, 5) is 31.6. The van der Waals surface area contributed by atoms with Crippen LogP contribution < -0.4 is 0 Å². The van der Waals surface area contributed by atoms with Gasteiger partial charge in [-0.25, -0.2) is 29.9 Å². The minimum atomic E-state index is 0.507. The molecular formula is C60H38N8. The molecule has 0 aliphatic carbocycles. The predicted molar refractivity (Wildman–Crippen MR) is 275 cm³/mol. The molecule has 9 aromatic carbocycles. The van der Waals surface area contributed by atoms with Crippen LogP contribution in [0.4, 0.5) is 0 Å². The van der Waals surface area contributed by atoms with Crippen LogP contribution in [0.1, 0.15) is 0 Å². The highest BCUT2D eigenvalue weighted by Gasteiger charge is 2.24. The summed E-state index contributed by atoms with van der Waals surface area (Å²) in [5.74, 6) is 3.31. The molecule has 4 heterocycles. The molecule has 0 N–H and O–H groups in total. The second-order valence-corrected chi connectivity index (χ2v) is 16.7. The molecule has 0 aliphatic rings. The summed E-state index contributed by atoms with van der Waals surface area (Å²) in [6.07, 6.45) is 0. The lowest BCUT2D eigenvalue weighted by Crippen LogP contribution is -2.05. The summed E-state index contributed by atoms with van der Waals surface area (Å²) in [7, 11) is 0. The lowest BCUT2D eigenvalue weighted by Gasteiger charge is -2.17. The molecule has 0 saturated carbocycles. The van der Waals surface area contributed by atoms with Crippen LogP contribution in [0.2, 0.25) is 0 Å². The van der Waals surface area contributed by atoms with Gasteiger partial charge in [-0.15, -0.1) is 0 Å². The van der Waals surface area contributed by atoms with Crippen LogP contribution in [0.25, 0.3) is 123 Å². The van der Waals surface area contributed by atoms with Gasteiger partial charge in [0.1, 0.15) is 0 Å². The number of rotatable bonds is 8. The standard InChI is InChI=1S/C60H38N8/c1-5-20-39(21-6-1)55-61-56(40-22-7-2-8-23-40)63-58(62-55)42-36-37-53(68-51-34-17-13-28-44(51)45-29-14-18-35-52(45)68)49(38-42)60-65-57(41-24-9-3-10-25-41)64-59(66-60)48-32-19-31-47-46-30-15-16-33-50(46)67(54(47)48)43-26-11-4-12-27-43/h1-38H. The monoisotopic (exact) mass is 870 g/mol. The highest BCUT2D eigenvalue weighted by Crippen LogP contribution is 2.41. The van der Waals surface area contributed by atoms with E-state index in [1.54, 1.807) is 0 Å². The van der Waals surface area contributed by atoms with Crippen LogP contribution in [0, 0.1) is 0 Å². The Hall–Kier alpha value is -9.40. The topological polar surface area (TPSA) is 87.2 Å². The van der Waals surface area contributed by atoms with E-state index in [-0.39, 0.29) is 0 Å². The Morgan fingerprint density at radius 3 is 1.16 bits per heavy atom. The largest absolute Gasteiger partial charge is 0.309 e. The highest BCUT2D eigenvalue weighted by molar-refractivity contribution is 6.13. The molecule has 0 bridgehead atoms. The molecule has 0 atom stereocenters. The molecule has 4 aromatic heterocycles. The first kappa shape index (κ1) is 39.0. The summed E-state index contributed by atoms with van der Waals surface area (Å²) in [5, 5.41) is 4.56. The zero-order chi connectivity index (χ0) is 45.0. The van der Waals surface area contributed by atoms with E-state index in [1.807, 2.05) is 84.9 Å². The van der Waals surface area contributed by atoms with Crippen LogP contribution >= 0.6 is 0 Å². The first-order valence-corrected chi connectivity index (χ1v) is 22.6. The van der Waals surface area contributed by atoms with Crippen molar-refractivity contribution in [2.24, 2.45) is 0 Å². The van der Waals surface area contributed by atoms with Gasteiger partial charge in [-0.3, -0.25) is 0 Å². The Morgan fingerprint density at radius 1 is 0.250 bits per heavy atom. The second kappa shape index (κ2) is 16.2. The van der Waals surface area contributed by atoms with Gasteiger partial charge in [-0.1, -0.05) is 176 Å². The van der Waals surface area contributed by atoms with E-state index >= 15 is 0 Å². The van der Waals surface area contributed by atoms with Crippen molar-refractivity contribution in [2.45, 2.75) is 0 Å². The van der Waals surface area contributed by atoms with Crippen LogP contribution in [0.3, 0.4) is 0 Å². The van der Waals surface area contributed by atoms with Crippen LogP contribution in [-0.2, 0) is 0 Å². The average molecular weight is 871 g/mol. The van der Waals surface area contributed by atoms with Crippen molar-refractivity contribution >= 4 is 43.6 Å². The minimum absolute atomic E-state index is 0.507. The van der Waals surface area contributed by atoms with Crippen LogP contribution in [-0.4, -0.2) is 39.0 Å². The number of hydrogen-bond donors (Lipinski definition) is 0. The van der Waals surface area contributed by atoms with E-state index < -0.39 is 0 Å². The summed E-state index contributed by atoms with van der Waals surface area (Å²) in [6.45, 7) is 0. The summed E-state index contributed by atoms with van der Waals surface area (Å²) >= 11 is 0. The molecule has 13 rings (SSSR count). The van der Waals surface area contributed by atoms with Gasteiger partial charge in [0.25, 0.3) is 0 Å². The van der Waals surface area contributed by atoms with Gasteiger partial charge in [0.05, 0.1) is 27.8 Å². The van der Waals surface area contributed by atoms with Gasteiger partial charge in [0.2, 0.25) is 0 Å². The van der Waals surface area contributed by atoms with Gasteiger partial charge in [0.15, 0.2) is 34.9 Å². The van der Waals surface area contributed by atoms with Crippen molar-refractivity contribution in [1.29, 1.82) is 0 Å². The van der Waals surface area contributed by atoms with Crippen molar-refractivity contribution < 1.29 is 0 Å². The van der Waals surface area contributed by atoms with Crippen molar-refractivity contribution in [3.05, 3.63) is 231 Å². The third-order valence-corrected chi connectivity index (χ3v) is 12.6. The third kappa shape index (κ3) is 6.62. The Kier molecular flexibility index (Phi) is 9.31. The molecule has 13 aromatic rings. The molecular weight excluding hydrogens is 833 g/mol. The summed E-state index contributed by atoms with van der Waals surface area (Å²) in [5.41, 5.74) is 11.3. The van der Waals surface area contributed by atoms with Crippen molar-refractivity contribution in [1.82, 2.24) is 39.0 Å². The molecule has 0 saturated heterocycles. The van der Waals surface area contributed by atoms with E-state index in [4.69, 9.17) is 29.9 Å². The number of fused-ring (bicyclic) bond motifs is 6. The maximum atomic E-state index is 5.55. The van der Waals surface area contributed by atoms with Gasteiger partial charge in [0, 0.05) is 60.6 Å². The predicted octanol–water partition coefficient (Wildman–Crippen LogP) is 14.3. The van der Waals surface area contributed by atoms with E-state index in [0.29, 0.717) is 34.9 Å². The lowest BCUT2D eigenvalue weighted by molar-refractivity contribution is 1.06. The van der Waals surface area contributed by atoms with E-state index in [9.17, 15) is 0 Å². The second-order valence-electron chi connectivity index (χ2n) is 16.7. The van der Waals surface area contributed by atoms with E-state index in [1.165, 1.54) is 0 Å². The molecule has 8 heteroatoms. The normalized spacial score (nSPS) is 11.5. The number of nitrogens with zero attached hydrogens (tertiary/aromatic N) is 8. The van der Waals surface area contributed by atoms with Crippen molar-refractivity contribution in [2.75, 3.05) is 0 Å². The number of hydrogen-bond acceptors (Lipinski definition) is 6. The van der Waals surface area contributed by atoms with Gasteiger partial charge in [-0.05, 0) is 54.6 Å². The quantitative estimate of drug-likeness (QED) is 0.151. The maximum Gasteiger partial charge on any atom is 0.166 e.